The van der Waals surface area contributed by atoms with E-state index in [0.29, 0.717) is 5.02 Å². The van der Waals surface area contributed by atoms with Crippen LogP contribution >= 0.6 is 23.2 Å². The van der Waals surface area contributed by atoms with E-state index in [1.54, 1.807) is 12.1 Å². The van der Waals surface area contributed by atoms with Gasteiger partial charge in [-0.25, -0.2) is 8.42 Å². The lowest BCUT2D eigenvalue weighted by Crippen LogP contribution is -2.14. The second kappa shape index (κ2) is 4.84. The van der Waals surface area contributed by atoms with Crippen molar-refractivity contribution in [1.29, 1.82) is 5.26 Å². The third kappa shape index (κ3) is 3.38. The first-order valence-corrected chi connectivity index (χ1v) is 6.44. The summed E-state index contributed by atoms with van der Waals surface area (Å²) >= 11 is 11.1. The van der Waals surface area contributed by atoms with Gasteiger partial charge in [0.2, 0.25) is 0 Å². The molecule has 15 heavy (non-hydrogen) atoms. The molecule has 6 heteroatoms. The van der Waals surface area contributed by atoms with E-state index in [2.05, 4.69) is 0 Å². The third-order valence-corrected chi connectivity index (χ3v) is 4.08. The Kier molecular flexibility index (Phi) is 3.97. The Hall–Kier alpha value is -0.760. The lowest BCUT2D eigenvalue weighted by Gasteiger charge is -2.04. The number of hydrogen-bond donors (Lipinski definition) is 0. The van der Waals surface area contributed by atoms with Gasteiger partial charge < -0.3 is 0 Å². The molecule has 0 amide bonds. The van der Waals surface area contributed by atoms with Crippen molar-refractivity contribution in [3.63, 3.8) is 0 Å². The van der Waals surface area contributed by atoms with Gasteiger partial charge in [-0.05, 0) is 18.2 Å². The molecule has 0 saturated heterocycles. The average Bonchev–Trinajstić information content (AvgIpc) is 2.17. The van der Waals surface area contributed by atoms with Crippen LogP contribution in [-0.4, -0.2) is 19.5 Å². The van der Waals surface area contributed by atoms with Crippen molar-refractivity contribution < 1.29 is 8.42 Å². The van der Waals surface area contributed by atoms with Gasteiger partial charge >= 0.3 is 0 Å². The van der Waals surface area contributed by atoms with Crippen molar-refractivity contribution in [2.24, 2.45) is 0 Å². The zero-order valence-corrected chi connectivity index (χ0v) is 9.85. The van der Waals surface area contributed by atoms with Crippen LogP contribution in [0.2, 0.25) is 5.02 Å². The summed E-state index contributed by atoms with van der Waals surface area (Å²) in [4.78, 5) is 0.0795. The summed E-state index contributed by atoms with van der Waals surface area (Å²) in [5, 5.41) is 7.71. The Balaban J connectivity index is 3.03. The van der Waals surface area contributed by atoms with Crippen molar-refractivity contribution >= 4 is 33.0 Å². The molecule has 1 rings (SSSR count). The Morgan fingerprint density at radius 2 is 2.13 bits per heavy atom. The summed E-state index contributed by atoms with van der Waals surface area (Å²) < 4.78 is 23.3. The molecule has 0 aliphatic rings. The van der Waals surface area contributed by atoms with E-state index in [0.717, 1.165) is 0 Å². The number of nitrogens with zero attached hydrogens (tertiary/aromatic N) is 1. The SMILES string of the molecule is N#CC(Cl)CS(=O)(=O)c1cccc(Cl)c1. The molecule has 0 spiro atoms. The predicted octanol–water partition coefficient (Wildman–Crippen LogP) is 2.24. The maximum Gasteiger partial charge on any atom is 0.180 e. The summed E-state index contributed by atoms with van der Waals surface area (Å²) in [5.74, 6) is -0.411. The molecule has 1 unspecified atom stereocenters. The van der Waals surface area contributed by atoms with Crippen molar-refractivity contribution in [3.8, 4) is 6.07 Å². The van der Waals surface area contributed by atoms with E-state index in [1.165, 1.54) is 18.2 Å². The number of benzene rings is 1. The predicted molar refractivity (Wildman–Crippen MR) is 58.8 cm³/mol. The van der Waals surface area contributed by atoms with Crippen LogP contribution in [0.1, 0.15) is 0 Å². The quantitative estimate of drug-likeness (QED) is 0.786. The molecule has 0 N–H and O–H groups in total. The minimum Gasteiger partial charge on any atom is -0.224 e. The van der Waals surface area contributed by atoms with Gasteiger partial charge in [-0.15, -0.1) is 11.6 Å². The van der Waals surface area contributed by atoms with Crippen LogP contribution in [0.5, 0.6) is 0 Å². The molecule has 80 valence electrons. The van der Waals surface area contributed by atoms with Gasteiger partial charge in [0, 0.05) is 5.02 Å². The highest BCUT2D eigenvalue weighted by Crippen LogP contribution is 2.18. The summed E-state index contributed by atoms with van der Waals surface area (Å²) in [7, 11) is -3.53. The van der Waals surface area contributed by atoms with Crippen LogP contribution in [0.15, 0.2) is 29.2 Å². The Morgan fingerprint density at radius 3 is 2.67 bits per heavy atom. The van der Waals surface area contributed by atoms with Gasteiger partial charge in [0.15, 0.2) is 9.84 Å². The Morgan fingerprint density at radius 1 is 1.47 bits per heavy atom. The summed E-state index contributed by atoms with van der Waals surface area (Å²) in [6.07, 6.45) is 0. The van der Waals surface area contributed by atoms with Gasteiger partial charge in [-0.2, -0.15) is 5.26 Å². The first-order valence-electron chi connectivity index (χ1n) is 3.98. The van der Waals surface area contributed by atoms with Crippen molar-refractivity contribution in [1.82, 2.24) is 0 Å². The number of rotatable bonds is 3. The molecule has 0 heterocycles. The molecule has 0 aliphatic heterocycles. The van der Waals surface area contributed by atoms with Crippen LogP contribution in [0, 0.1) is 11.3 Å². The normalized spacial score (nSPS) is 13.1. The van der Waals surface area contributed by atoms with Gasteiger partial charge in [0.05, 0.1) is 16.7 Å². The number of sulfone groups is 1. The van der Waals surface area contributed by atoms with E-state index in [4.69, 9.17) is 28.5 Å². The molecule has 3 nitrogen and oxygen atoms in total. The molecule has 0 aliphatic carbocycles. The molecular formula is C9H7Cl2NO2S. The highest BCUT2D eigenvalue weighted by atomic mass is 35.5. The van der Waals surface area contributed by atoms with E-state index in [-0.39, 0.29) is 4.90 Å². The minimum atomic E-state index is -3.53. The van der Waals surface area contributed by atoms with Crippen molar-refractivity contribution in [2.75, 3.05) is 5.75 Å². The first-order chi connectivity index (χ1) is 6.95. The molecule has 0 fully saturated rings. The molecule has 0 radical (unpaired) electrons. The number of alkyl halides is 1. The maximum atomic E-state index is 11.7. The van der Waals surface area contributed by atoms with E-state index >= 15 is 0 Å². The first kappa shape index (κ1) is 12.3. The number of nitriles is 1. The third-order valence-electron chi connectivity index (χ3n) is 1.66. The fourth-order valence-corrected chi connectivity index (χ4v) is 2.98. The Bertz CT molecular complexity index is 493. The second-order valence-corrected chi connectivity index (χ2v) is 5.83. The average molecular weight is 264 g/mol. The highest BCUT2D eigenvalue weighted by molar-refractivity contribution is 7.91. The lowest BCUT2D eigenvalue weighted by molar-refractivity contribution is 0.596. The minimum absolute atomic E-state index is 0.0795. The second-order valence-electron chi connectivity index (χ2n) is 2.84. The maximum absolute atomic E-state index is 11.7. The van der Waals surface area contributed by atoms with Crippen LogP contribution < -0.4 is 0 Å². The van der Waals surface area contributed by atoms with Gasteiger partial charge in [-0.1, -0.05) is 17.7 Å². The molecular weight excluding hydrogens is 257 g/mol. The lowest BCUT2D eigenvalue weighted by atomic mass is 10.4. The van der Waals surface area contributed by atoms with E-state index in [9.17, 15) is 8.42 Å². The zero-order chi connectivity index (χ0) is 11.5. The summed E-state index contributed by atoms with van der Waals surface area (Å²) in [6.45, 7) is 0. The smallest absolute Gasteiger partial charge is 0.180 e. The van der Waals surface area contributed by atoms with Crippen LogP contribution in [0.4, 0.5) is 0 Å². The standard InChI is InChI=1S/C9H7Cl2NO2S/c10-7-2-1-3-9(4-7)15(13,14)6-8(11)5-12/h1-4,8H,6H2. The number of halogens is 2. The fourth-order valence-electron chi connectivity index (χ4n) is 0.987. The molecule has 1 atom stereocenters. The van der Waals surface area contributed by atoms with Crippen molar-refractivity contribution in [3.05, 3.63) is 29.3 Å². The van der Waals surface area contributed by atoms with E-state index < -0.39 is 21.0 Å². The molecule has 1 aromatic rings. The molecule has 1 aromatic carbocycles. The largest absolute Gasteiger partial charge is 0.224 e. The number of hydrogen-bond acceptors (Lipinski definition) is 3. The summed E-state index contributed by atoms with van der Waals surface area (Å²) in [6, 6.07) is 7.51. The monoisotopic (exact) mass is 263 g/mol. The summed E-state index contributed by atoms with van der Waals surface area (Å²) in [5.41, 5.74) is 0. The zero-order valence-electron chi connectivity index (χ0n) is 7.52. The topological polar surface area (TPSA) is 57.9 Å². The van der Waals surface area contributed by atoms with Crippen molar-refractivity contribution in [2.45, 2.75) is 10.3 Å². The van der Waals surface area contributed by atoms with Crippen LogP contribution in [-0.2, 0) is 9.84 Å². The van der Waals surface area contributed by atoms with Crippen LogP contribution in [0.3, 0.4) is 0 Å². The van der Waals surface area contributed by atoms with Gasteiger partial charge in [0.25, 0.3) is 0 Å². The van der Waals surface area contributed by atoms with Crippen LogP contribution in [0.25, 0.3) is 0 Å². The van der Waals surface area contributed by atoms with Gasteiger partial charge in [0.1, 0.15) is 5.38 Å². The molecule has 0 aromatic heterocycles. The van der Waals surface area contributed by atoms with E-state index in [1.807, 2.05) is 0 Å². The fraction of sp³-hybridized carbons (Fsp3) is 0.222. The van der Waals surface area contributed by atoms with Gasteiger partial charge in [-0.3, -0.25) is 0 Å². The highest BCUT2D eigenvalue weighted by Gasteiger charge is 2.19. The Labute approximate surface area is 98.2 Å². The molecule has 0 bridgehead atoms. The molecule has 0 saturated carbocycles.